The molecule has 2 amide bonds. The van der Waals surface area contributed by atoms with Crippen molar-refractivity contribution >= 4 is 21.9 Å². The molecule has 1 aliphatic heterocycles. The quantitative estimate of drug-likeness (QED) is 0.719. The molecule has 2 heterocycles. The van der Waals surface area contributed by atoms with Crippen LogP contribution in [0.15, 0.2) is 24.4 Å². The first-order valence-corrected chi connectivity index (χ1v) is 9.44. The van der Waals surface area contributed by atoms with Crippen molar-refractivity contribution < 1.29 is 13.2 Å². The third kappa shape index (κ3) is 5.68. The molecule has 1 aromatic heterocycles. The van der Waals surface area contributed by atoms with E-state index in [1.165, 1.54) is 10.6 Å². The average molecular weight is 341 g/mol. The van der Waals surface area contributed by atoms with Crippen molar-refractivity contribution in [2.24, 2.45) is 0 Å². The molecule has 23 heavy (non-hydrogen) atoms. The Balaban J connectivity index is 1.60. The fourth-order valence-electron chi connectivity index (χ4n) is 2.30. The SMILES string of the molecule is CS(=O)(=O)N1CCN(C(=O)NCCCNc2ccccn2)CC1. The Morgan fingerprint density at radius 1 is 1.22 bits per heavy atom. The van der Waals surface area contributed by atoms with E-state index in [0.717, 1.165) is 18.8 Å². The third-order valence-corrected chi connectivity index (χ3v) is 4.90. The summed E-state index contributed by atoms with van der Waals surface area (Å²) in [5, 5.41) is 6.02. The molecule has 0 radical (unpaired) electrons. The lowest BCUT2D eigenvalue weighted by molar-refractivity contribution is 0.172. The van der Waals surface area contributed by atoms with Gasteiger partial charge in [0.15, 0.2) is 0 Å². The Labute approximate surface area is 136 Å². The van der Waals surface area contributed by atoms with E-state index in [1.807, 2.05) is 18.2 Å². The second kappa shape index (κ2) is 8.11. The predicted octanol–water partition coefficient (Wildman–Crippen LogP) is 0.170. The van der Waals surface area contributed by atoms with Gasteiger partial charge in [-0.15, -0.1) is 0 Å². The lowest BCUT2D eigenvalue weighted by atomic mass is 10.3. The highest BCUT2D eigenvalue weighted by Crippen LogP contribution is 2.06. The van der Waals surface area contributed by atoms with Gasteiger partial charge in [-0.05, 0) is 18.6 Å². The number of pyridine rings is 1. The van der Waals surface area contributed by atoms with Crippen LogP contribution in [0, 0.1) is 0 Å². The molecular weight excluding hydrogens is 318 g/mol. The minimum Gasteiger partial charge on any atom is -0.370 e. The fourth-order valence-corrected chi connectivity index (χ4v) is 3.13. The molecule has 0 atom stereocenters. The molecule has 0 saturated carbocycles. The monoisotopic (exact) mass is 341 g/mol. The van der Waals surface area contributed by atoms with Crippen LogP contribution < -0.4 is 10.6 Å². The zero-order chi connectivity index (χ0) is 16.7. The second-order valence-electron chi connectivity index (χ2n) is 5.38. The zero-order valence-corrected chi connectivity index (χ0v) is 14.1. The number of urea groups is 1. The first-order valence-electron chi connectivity index (χ1n) is 7.59. The van der Waals surface area contributed by atoms with Crippen molar-refractivity contribution in [3.63, 3.8) is 0 Å². The Morgan fingerprint density at radius 2 is 1.96 bits per heavy atom. The van der Waals surface area contributed by atoms with Crippen LogP contribution in [0.3, 0.4) is 0 Å². The summed E-state index contributed by atoms with van der Waals surface area (Å²) >= 11 is 0. The van der Waals surface area contributed by atoms with Gasteiger partial charge in [0, 0.05) is 45.5 Å². The molecule has 0 aliphatic carbocycles. The van der Waals surface area contributed by atoms with Crippen LogP contribution in [0.5, 0.6) is 0 Å². The fraction of sp³-hybridized carbons (Fsp3) is 0.571. The first kappa shape index (κ1) is 17.5. The minimum atomic E-state index is -3.16. The van der Waals surface area contributed by atoms with E-state index >= 15 is 0 Å². The maximum atomic E-state index is 12.0. The molecule has 1 fully saturated rings. The van der Waals surface area contributed by atoms with Gasteiger partial charge in [-0.1, -0.05) is 6.07 Å². The molecular formula is C14H23N5O3S. The molecule has 0 unspecified atom stereocenters. The van der Waals surface area contributed by atoms with Crippen LogP contribution >= 0.6 is 0 Å². The predicted molar refractivity (Wildman–Crippen MR) is 88.7 cm³/mol. The number of piperazine rings is 1. The Kier molecular flexibility index (Phi) is 6.17. The van der Waals surface area contributed by atoms with E-state index in [4.69, 9.17) is 0 Å². The van der Waals surface area contributed by atoms with Crippen LogP contribution in [-0.2, 0) is 10.0 Å². The molecule has 128 valence electrons. The van der Waals surface area contributed by atoms with Gasteiger partial charge < -0.3 is 15.5 Å². The summed E-state index contributed by atoms with van der Waals surface area (Å²) in [5.74, 6) is 0.815. The van der Waals surface area contributed by atoms with Gasteiger partial charge in [-0.3, -0.25) is 0 Å². The molecule has 1 aliphatic rings. The van der Waals surface area contributed by atoms with Gasteiger partial charge in [0.2, 0.25) is 10.0 Å². The zero-order valence-electron chi connectivity index (χ0n) is 13.2. The molecule has 8 nitrogen and oxygen atoms in total. The van der Waals surface area contributed by atoms with E-state index in [9.17, 15) is 13.2 Å². The number of nitrogens with zero attached hydrogens (tertiary/aromatic N) is 3. The number of nitrogens with one attached hydrogen (secondary N) is 2. The number of sulfonamides is 1. The molecule has 0 spiro atoms. The van der Waals surface area contributed by atoms with Crippen molar-refractivity contribution in [1.82, 2.24) is 19.5 Å². The summed E-state index contributed by atoms with van der Waals surface area (Å²) in [5.41, 5.74) is 0. The molecule has 0 aromatic carbocycles. The standard InChI is InChI=1S/C14H23N5O3S/c1-23(21,22)19-11-9-18(10-12-19)14(20)17-8-4-7-16-13-5-2-3-6-15-13/h2-3,5-6H,4,7-12H2,1H3,(H,15,16)(H,17,20). The van der Waals surface area contributed by atoms with Crippen molar-refractivity contribution in [1.29, 1.82) is 0 Å². The summed E-state index contributed by atoms with van der Waals surface area (Å²) in [6, 6.07) is 5.51. The largest absolute Gasteiger partial charge is 0.370 e. The smallest absolute Gasteiger partial charge is 0.317 e. The molecule has 2 N–H and O–H groups in total. The molecule has 2 rings (SSSR count). The Morgan fingerprint density at radius 3 is 2.57 bits per heavy atom. The lowest BCUT2D eigenvalue weighted by Gasteiger charge is -2.33. The number of hydrogen-bond acceptors (Lipinski definition) is 5. The minimum absolute atomic E-state index is 0.143. The van der Waals surface area contributed by atoms with E-state index in [0.29, 0.717) is 32.7 Å². The Hall–Kier alpha value is -1.87. The highest BCUT2D eigenvalue weighted by atomic mass is 32.2. The summed E-state index contributed by atoms with van der Waals surface area (Å²) in [4.78, 5) is 17.8. The number of anilines is 1. The van der Waals surface area contributed by atoms with Gasteiger partial charge in [0.25, 0.3) is 0 Å². The molecule has 9 heteroatoms. The number of aromatic nitrogens is 1. The number of rotatable bonds is 6. The van der Waals surface area contributed by atoms with E-state index in [1.54, 1.807) is 11.1 Å². The molecule has 0 bridgehead atoms. The van der Waals surface area contributed by atoms with Crippen molar-refractivity contribution in [2.45, 2.75) is 6.42 Å². The number of carbonyl (C=O) groups excluding carboxylic acids is 1. The van der Waals surface area contributed by atoms with Gasteiger partial charge in [0.1, 0.15) is 5.82 Å². The summed E-state index contributed by atoms with van der Waals surface area (Å²) in [6.45, 7) is 2.83. The van der Waals surface area contributed by atoms with Gasteiger partial charge in [-0.25, -0.2) is 18.2 Å². The van der Waals surface area contributed by atoms with Crippen LogP contribution in [-0.4, -0.2) is 74.2 Å². The van der Waals surface area contributed by atoms with Crippen molar-refractivity contribution in [3.8, 4) is 0 Å². The van der Waals surface area contributed by atoms with Crippen molar-refractivity contribution in [3.05, 3.63) is 24.4 Å². The normalized spacial score (nSPS) is 16.1. The number of amides is 2. The highest BCUT2D eigenvalue weighted by molar-refractivity contribution is 7.88. The van der Waals surface area contributed by atoms with Gasteiger partial charge >= 0.3 is 6.03 Å². The van der Waals surface area contributed by atoms with Crippen LogP contribution in [0.25, 0.3) is 0 Å². The van der Waals surface area contributed by atoms with E-state index < -0.39 is 10.0 Å². The second-order valence-corrected chi connectivity index (χ2v) is 7.36. The van der Waals surface area contributed by atoms with E-state index in [-0.39, 0.29) is 6.03 Å². The maximum absolute atomic E-state index is 12.0. The van der Waals surface area contributed by atoms with Crippen LogP contribution in [0.4, 0.5) is 10.6 Å². The first-order chi connectivity index (χ1) is 11.0. The van der Waals surface area contributed by atoms with Gasteiger partial charge in [-0.2, -0.15) is 4.31 Å². The van der Waals surface area contributed by atoms with Crippen LogP contribution in [0.1, 0.15) is 6.42 Å². The average Bonchev–Trinajstić information content (AvgIpc) is 2.54. The van der Waals surface area contributed by atoms with Crippen molar-refractivity contribution in [2.75, 3.05) is 50.8 Å². The number of carbonyl (C=O) groups is 1. The molecule has 1 aromatic rings. The molecule has 1 saturated heterocycles. The Bertz CT molecular complexity index is 600. The lowest BCUT2D eigenvalue weighted by Crippen LogP contribution is -2.53. The van der Waals surface area contributed by atoms with Gasteiger partial charge in [0.05, 0.1) is 6.26 Å². The maximum Gasteiger partial charge on any atom is 0.317 e. The highest BCUT2D eigenvalue weighted by Gasteiger charge is 2.25. The number of hydrogen-bond donors (Lipinski definition) is 2. The summed E-state index contributed by atoms with van der Waals surface area (Å²) in [7, 11) is -3.16. The summed E-state index contributed by atoms with van der Waals surface area (Å²) < 4.78 is 24.2. The van der Waals surface area contributed by atoms with E-state index in [2.05, 4.69) is 15.6 Å². The van der Waals surface area contributed by atoms with Crippen LogP contribution in [0.2, 0.25) is 0 Å². The topological polar surface area (TPSA) is 94.6 Å². The third-order valence-electron chi connectivity index (χ3n) is 3.60. The summed E-state index contributed by atoms with van der Waals surface area (Å²) in [6.07, 6.45) is 3.70.